The summed E-state index contributed by atoms with van der Waals surface area (Å²) in [5.41, 5.74) is 16.8. The van der Waals surface area contributed by atoms with Crippen molar-refractivity contribution in [2.75, 3.05) is 0 Å². The molecule has 2 aromatic heterocycles. The van der Waals surface area contributed by atoms with Crippen LogP contribution in [0.5, 0.6) is 0 Å². The third kappa shape index (κ3) is 5.63. The first-order valence-corrected chi connectivity index (χ1v) is 20.1. The van der Waals surface area contributed by atoms with E-state index < -0.39 is 0 Å². The van der Waals surface area contributed by atoms with E-state index in [0.717, 1.165) is 62.6 Å². The summed E-state index contributed by atoms with van der Waals surface area (Å²) in [6, 6.07) is 57.6. The Hall–Kier alpha value is -7.17. The van der Waals surface area contributed by atoms with E-state index in [1.54, 1.807) is 0 Å². The number of furan rings is 1. The van der Waals surface area contributed by atoms with E-state index in [-0.39, 0.29) is 5.41 Å². The molecule has 4 heteroatoms. The molecule has 0 fully saturated rings. The Morgan fingerprint density at radius 3 is 1.74 bits per heavy atom. The Labute approximate surface area is 337 Å². The van der Waals surface area contributed by atoms with E-state index in [2.05, 4.69) is 159 Å². The molecular weight excluding hydrogens is 707 g/mol. The number of hydrogen-bond donors (Lipinski definition) is 0. The summed E-state index contributed by atoms with van der Waals surface area (Å²) in [6.07, 6.45) is 6.75. The average molecular weight is 746 g/mol. The highest BCUT2D eigenvalue weighted by Crippen LogP contribution is 2.53. The summed E-state index contributed by atoms with van der Waals surface area (Å²) in [5.74, 6) is 1.94. The molecule has 2 aliphatic carbocycles. The fourth-order valence-corrected chi connectivity index (χ4v) is 9.24. The van der Waals surface area contributed by atoms with Gasteiger partial charge in [0.1, 0.15) is 11.2 Å². The van der Waals surface area contributed by atoms with Gasteiger partial charge in [-0.15, -0.1) is 0 Å². The van der Waals surface area contributed by atoms with Crippen LogP contribution >= 0.6 is 0 Å². The molecule has 7 aromatic carbocycles. The number of allylic oxidation sites excluding steroid dienone is 4. The molecular formula is C54H39N3O. The second-order valence-electron chi connectivity index (χ2n) is 15.9. The van der Waals surface area contributed by atoms with Crippen LogP contribution in [0.15, 0.2) is 186 Å². The number of aromatic nitrogens is 3. The summed E-state index contributed by atoms with van der Waals surface area (Å²) >= 11 is 0. The third-order valence-corrected chi connectivity index (χ3v) is 12.0. The van der Waals surface area contributed by atoms with Gasteiger partial charge in [-0.1, -0.05) is 159 Å². The highest BCUT2D eigenvalue weighted by atomic mass is 16.3. The number of nitrogens with zero attached hydrogens (tertiary/aromatic N) is 3. The summed E-state index contributed by atoms with van der Waals surface area (Å²) in [6.45, 7) is 4.67. The summed E-state index contributed by atoms with van der Waals surface area (Å²) in [4.78, 5) is 15.8. The smallest absolute Gasteiger partial charge is 0.164 e. The number of fused-ring (bicyclic) bond motifs is 5. The van der Waals surface area contributed by atoms with Crippen LogP contribution in [-0.4, -0.2) is 15.0 Å². The molecule has 0 saturated heterocycles. The fraction of sp³-hybridized carbons (Fsp3) is 0.0926. The Kier molecular flexibility index (Phi) is 7.94. The number of rotatable bonds is 6. The van der Waals surface area contributed by atoms with Crippen LogP contribution in [0.3, 0.4) is 0 Å². The quantitative estimate of drug-likeness (QED) is 0.170. The van der Waals surface area contributed by atoms with Crippen molar-refractivity contribution in [2.24, 2.45) is 0 Å². The Balaban J connectivity index is 1.06. The standard InChI is InChI=1S/C54H39N3O/c1-54(2)46-27-10-9-23-41(46)42-24-13-26-44(50(42)54)53-56-51(35-17-7-4-8-18-35)55-52(57-53)43-25-14-28-48-49(43)45-33-40(29-30-47(45)58-48)39-22-12-21-38(32-39)37-20-11-19-36(31-37)34-15-5-3-6-16-34/h3-8,10-22,24-33H,9,23H2,1-2H3. The van der Waals surface area contributed by atoms with Crippen LogP contribution in [0.25, 0.3) is 95.1 Å². The summed E-state index contributed by atoms with van der Waals surface area (Å²) in [7, 11) is 0. The van der Waals surface area contributed by atoms with Crippen molar-refractivity contribution in [1.29, 1.82) is 0 Å². The zero-order chi connectivity index (χ0) is 38.8. The van der Waals surface area contributed by atoms with E-state index in [9.17, 15) is 0 Å². The average Bonchev–Trinajstić information content (AvgIpc) is 3.78. The Bertz CT molecular complexity index is 3130. The molecule has 58 heavy (non-hydrogen) atoms. The number of benzene rings is 7. The van der Waals surface area contributed by atoms with Crippen LogP contribution < -0.4 is 0 Å². The zero-order valence-corrected chi connectivity index (χ0v) is 32.4. The van der Waals surface area contributed by atoms with Crippen molar-refractivity contribution in [3.63, 3.8) is 0 Å². The fourth-order valence-electron chi connectivity index (χ4n) is 9.24. The van der Waals surface area contributed by atoms with Crippen molar-refractivity contribution in [1.82, 2.24) is 15.0 Å². The second-order valence-corrected chi connectivity index (χ2v) is 15.9. The van der Waals surface area contributed by atoms with Crippen molar-refractivity contribution in [2.45, 2.75) is 32.1 Å². The molecule has 2 aliphatic rings. The van der Waals surface area contributed by atoms with Crippen LogP contribution in [-0.2, 0) is 5.41 Å². The van der Waals surface area contributed by atoms with Gasteiger partial charge in [-0.05, 0) is 98.8 Å². The first-order valence-electron chi connectivity index (χ1n) is 20.1. The second kappa shape index (κ2) is 13.5. The van der Waals surface area contributed by atoms with E-state index >= 15 is 0 Å². The minimum absolute atomic E-state index is 0.183. The molecule has 0 spiro atoms. The molecule has 0 unspecified atom stereocenters. The molecule has 2 heterocycles. The molecule has 0 radical (unpaired) electrons. The molecule has 9 aromatic rings. The van der Waals surface area contributed by atoms with Gasteiger partial charge in [0, 0.05) is 32.9 Å². The molecule has 11 rings (SSSR count). The highest BCUT2D eigenvalue weighted by molar-refractivity contribution is 6.13. The minimum Gasteiger partial charge on any atom is -0.456 e. The molecule has 276 valence electrons. The maximum atomic E-state index is 6.54. The lowest BCUT2D eigenvalue weighted by Crippen LogP contribution is -2.18. The maximum Gasteiger partial charge on any atom is 0.164 e. The van der Waals surface area contributed by atoms with Crippen LogP contribution in [0.1, 0.15) is 37.8 Å². The van der Waals surface area contributed by atoms with Crippen LogP contribution in [0, 0.1) is 0 Å². The van der Waals surface area contributed by atoms with Crippen LogP contribution in [0.2, 0.25) is 0 Å². The molecule has 0 aliphatic heterocycles. The van der Waals surface area contributed by atoms with Gasteiger partial charge in [-0.2, -0.15) is 0 Å². The summed E-state index contributed by atoms with van der Waals surface area (Å²) < 4.78 is 6.54. The van der Waals surface area contributed by atoms with E-state index in [0.29, 0.717) is 17.5 Å². The predicted octanol–water partition coefficient (Wildman–Crippen LogP) is 14.2. The molecule has 4 nitrogen and oxygen atoms in total. The first-order chi connectivity index (χ1) is 28.5. The lowest BCUT2D eigenvalue weighted by molar-refractivity contribution is 0.652. The van der Waals surface area contributed by atoms with Gasteiger partial charge < -0.3 is 4.42 Å². The normalized spacial score (nSPS) is 14.2. The van der Waals surface area contributed by atoms with Gasteiger partial charge in [0.25, 0.3) is 0 Å². The minimum atomic E-state index is -0.183. The van der Waals surface area contributed by atoms with Crippen molar-refractivity contribution in [3.8, 4) is 67.5 Å². The van der Waals surface area contributed by atoms with Gasteiger partial charge >= 0.3 is 0 Å². The van der Waals surface area contributed by atoms with E-state index in [4.69, 9.17) is 19.4 Å². The van der Waals surface area contributed by atoms with Gasteiger partial charge in [0.05, 0.1) is 0 Å². The van der Waals surface area contributed by atoms with Gasteiger partial charge in [0.15, 0.2) is 17.5 Å². The van der Waals surface area contributed by atoms with E-state index in [1.807, 2.05) is 30.3 Å². The summed E-state index contributed by atoms with van der Waals surface area (Å²) in [5, 5.41) is 2.01. The van der Waals surface area contributed by atoms with Crippen molar-refractivity contribution >= 4 is 27.5 Å². The predicted molar refractivity (Wildman–Crippen MR) is 238 cm³/mol. The van der Waals surface area contributed by atoms with Crippen molar-refractivity contribution in [3.05, 3.63) is 193 Å². The third-order valence-electron chi connectivity index (χ3n) is 12.0. The molecule has 0 saturated carbocycles. The monoisotopic (exact) mass is 745 g/mol. The van der Waals surface area contributed by atoms with Gasteiger partial charge in [-0.3, -0.25) is 0 Å². The molecule has 0 bridgehead atoms. The SMILES string of the molecule is CC1(C)C2=C(CCC=C2)c2cccc(-c3nc(-c4ccccc4)nc(-c4cccc5oc6ccc(-c7cccc(-c8cccc(-c9ccccc9)c8)c7)cc6c45)n3)c21. The van der Waals surface area contributed by atoms with Crippen molar-refractivity contribution < 1.29 is 4.42 Å². The van der Waals surface area contributed by atoms with Gasteiger partial charge in [-0.25, -0.2) is 15.0 Å². The maximum absolute atomic E-state index is 6.54. The highest BCUT2D eigenvalue weighted by Gasteiger charge is 2.39. The van der Waals surface area contributed by atoms with Crippen LogP contribution in [0.4, 0.5) is 0 Å². The molecule has 0 amide bonds. The Morgan fingerprint density at radius 1 is 0.466 bits per heavy atom. The molecule has 0 atom stereocenters. The first kappa shape index (κ1) is 34.1. The zero-order valence-electron chi connectivity index (χ0n) is 32.4. The number of hydrogen-bond acceptors (Lipinski definition) is 4. The lowest BCUT2D eigenvalue weighted by Gasteiger charge is -2.26. The molecule has 0 N–H and O–H groups in total. The topological polar surface area (TPSA) is 51.8 Å². The van der Waals surface area contributed by atoms with Gasteiger partial charge in [0.2, 0.25) is 0 Å². The Morgan fingerprint density at radius 2 is 1.02 bits per heavy atom. The largest absolute Gasteiger partial charge is 0.456 e. The van der Waals surface area contributed by atoms with E-state index in [1.165, 1.54) is 44.5 Å². The lowest BCUT2D eigenvalue weighted by atomic mass is 9.78.